The third-order valence-electron chi connectivity index (χ3n) is 5.76. The Morgan fingerprint density at radius 3 is 2.33 bits per heavy atom. The number of ether oxygens (including phenoxy) is 3. The summed E-state index contributed by atoms with van der Waals surface area (Å²) in [6, 6.07) is 11.8. The second-order valence-corrected chi connectivity index (χ2v) is 8.41. The molecule has 1 saturated carbocycles. The molecule has 0 unspecified atom stereocenters. The molecule has 1 aliphatic carbocycles. The van der Waals surface area contributed by atoms with Gasteiger partial charge in [-0.2, -0.15) is 0 Å². The standard InChI is InChI=1S/C24H28BrNO4/c1-28-20-10-8-19(25)14-17(20)6-11-23(27)26-16-24(12-4-5-13-24)18-7-9-21(29-2)22(15-18)30-3/h6-11,14-15H,4-5,12-13,16H2,1-3H3,(H,26,27)/b11-6+. The monoisotopic (exact) mass is 473 g/mol. The fourth-order valence-electron chi connectivity index (χ4n) is 4.10. The van der Waals surface area contributed by atoms with Crippen molar-refractivity contribution in [3.63, 3.8) is 0 Å². The van der Waals surface area contributed by atoms with Crippen LogP contribution in [0.2, 0.25) is 0 Å². The van der Waals surface area contributed by atoms with Gasteiger partial charge in [0.25, 0.3) is 0 Å². The number of methoxy groups -OCH3 is 3. The van der Waals surface area contributed by atoms with E-state index in [1.54, 1.807) is 33.5 Å². The van der Waals surface area contributed by atoms with Gasteiger partial charge in [0.15, 0.2) is 11.5 Å². The van der Waals surface area contributed by atoms with Gasteiger partial charge in [-0.3, -0.25) is 4.79 Å². The third kappa shape index (κ3) is 4.98. The molecule has 0 aliphatic heterocycles. The maximum Gasteiger partial charge on any atom is 0.244 e. The van der Waals surface area contributed by atoms with Crippen molar-refractivity contribution in [3.05, 3.63) is 58.1 Å². The molecule has 5 nitrogen and oxygen atoms in total. The molecule has 3 rings (SSSR count). The fourth-order valence-corrected chi connectivity index (χ4v) is 4.48. The van der Waals surface area contributed by atoms with E-state index in [9.17, 15) is 4.79 Å². The molecule has 1 aliphatic rings. The van der Waals surface area contributed by atoms with Crippen molar-refractivity contribution in [2.45, 2.75) is 31.1 Å². The summed E-state index contributed by atoms with van der Waals surface area (Å²) < 4.78 is 17.2. The molecule has 160 valence electrons. The van der Waals surface area contributed by atoms with Gasteiger partial charge in [-0.1, -0.05) is 34.8 Å². The van der Waals surface area contributed by atoms with Crippen LogP contribution in [0.4, 0.5) is 0 Å². The summed E-state index contributed by atoms with van der Waals surface area (Å²) in [4.78, 5) is 12.6. The van der Waals surface area contributed by atoms with E-state index in [4.69, 9.17) is 14.2 Å². The number of rotatable bonds is 8. The first kappa shape index (κ1) is 22.2. The summed E-state index contributed by atoms with van der Waals surface area (Å²) in [5, 5.41) is 3.10. The third-order valence-corrected chi connectivity index (χ3v) is 6.26. The Bertz CT molecular complexity index is 919. The highest BCUT2D eigenvalue weighted by atomic mass is 79.9. The molecule has 0 saturated heterocycles. The van der Waals surface area contributed by atoms with Crippen LogP contribution in [0.25, 0.3) is 6.08 Å². The molecule has 0 radical (unpaired) electrons. The molecule has 2 aromatic rings. The fraction of sp³-hybridized carbons (Fsp3) is 0.375. The summed E-state index contributed by atoms with van der Waals surface area (Å²) in [6.45, 7) is 0.585. The van der Waals surface area contributed by atoms with Crippen molar-refractivity contribution < 1.29 is 19.0 Å². The highest BCUT2D eigenvalue weighted by Gasteiger charge is 2.36. The summed E-state index contributed by atoms with van der Waals surface area (Å²) in [5.41, 5.74) is 1.93. The van der Waals surface area contributed by atoms with Crippen molar-refractivity contribution in [1.29, 1.82) is 0 Å². The van der Waals surface area contributed by atoms with Crippen LogP contribution in [0.5, 0.6) is 17.2 Å². The second kappa shape index (κ2) is 10.0. The maximum atomic E-state index is 12.6. The Balaban J connectivity index is 1.74. The summed E-state index contributed by atoms with van der Waals surface area (Å²) in [5.74, 6) is 2.03. The van der Waals surface area contributed by atoms with Crippen LogP contribution in [0.15, 0.2) is 46.9 Å². The number of nitrogens with one attached hydrogen (secondary N) is 1. The molecule has 0 spiro atoms. The molecular formula is C24H28BrNO4. The van der Waals surface area contributed by atoms with Gasteiger partial charge < -0.3 is 19.5 Å². The van der Waals surface area contributed by atoms with Gasteiger partial charge in [0.1, 0.15) is 5.75 Å². The Morgan fingerprint density at radius 2 is 1.67 bits per heavy atom. The number of carbonyl (C=O) groups excluding carboxylic acids is 1. The Hall–Kier alpha value is -2.47. The molecule has 0 bridgehead atoms. The minimum Gasteiger partial charge on any atom is -0.496 e. The number of halogens is 1. The maximum absolute atomic E-state index is 12.6. The predicted molar refractivity (Wildman–Crippen MR) is 122 cm³/mol. The van der Waals surface area contributed by atoms with Gasteiger partial charge in [0.2, 0.25) is 5.91 Å². The molecule has 1 N–H and O–H groups in total. The SMILES string of the molecule is COc1ccc(Br)cc1/C=C/C(=O)NCC1(c2ccc(OC)c(OC)c2)CCCC1. The smallest absolute Gasteiger partial charge is 0.244 e. The second-order valence-electron chi connectivity index (χ2n) is 7.49. The van der Waals surface area contributed by atoms with Crippen molar-refractivity contribution >= 4 is 27.9 Å². The van der Waals surface area contributed by atoms with Crippen LogP contribution in [0.3, 0.4) is 0 Å². The lowest BCUT2D eigenvalue weighted by molar-refractivity contribution is -0.116. The van der Waals surface area contributed by atoms with Crippen LogP contribution >= 0.6 is 15.9 Å². The van der Waals surface area contributed by atoms with Crippen molar-refractivity contribution in [2.75, 3.05) is 27.9 Å². The lowest BCUT2D eigenvalue weighted by Crippen LogP contribution is -2.38. The number of carbonyl (C=O) groups is 1. The summed E-state index contributed by atoms with van der Waals surface area (Å²) in [7, 11) is 4.90. The average Bonchev–Trinajstić information content (AvgIpc) is 3.26. The molecule has 2 aromatic carbocycles. The summed E-state index contributed by atoms with van der Waals surface area (Å²) >= 11 is 3.45. The van der Waals surface area contributed by atoms with E-state index in [0.29, 0.717) is 18.0 Å². The molecule has 6 heteroatoms. The minimum atomic E-state index is -0.121. The normalized spacial score (nSPS) is 15.2. The van der Waals surface area contributed by atoms with E-state index in [0.717, 1.165) is 41.5 Å². The van der Waals surface area contributed by atoms with Crippen molar-refractivity contribution in [1.82, 2.24) is 5.32 Å². The van der Waals surface area contributed by atoms with Gasteiger partial charge in [0.05, 0.1) is 21.3 Å². The number of hydrogen-bond acceptors (Lipinski definition) is 4. The van der Waals surface area contributed by atoms with Crippen LogP contribution in [-0.2, 0) is 10.2 Å². The van der Waals surface area contributed by atoms with Crippen LogP contribution < -0.4 is 19.5 Å². The first-order valence-electron chi connectivity index (χ1n) is 10.0. The topological polar surface area (TPSA) is 56.8 Å². The van der Waals surface area contributed by atoms with Gasteiger partial charge in [-0.15, -0.1) is 0 Å². The molecule has 0 heterocycles. The Kier molecular flexibility index (Phi) is 7.43. The molecule has 0 atom stereocenters. The lowest BCUT2D eigenvalue weighted by Gasteiger charge is -2.30. The first-order valence-corrected chi connectivity index (χ1v) is 10.8. The zero-order chi connectivity index (χ0) is 21.6. The minimum absolute atomic E-state index is 0.0868. The molecule has 0 aromatic heterocycles. The van der Waals surface area contributed by atoms with Crippen molar-refractivity contribution in [3.8, 4) is 17.2 Å². The number of hydrogen-bond donors (Lipinski definition) is 1. The highest BCUT2D eigenvalue weighted by molar-refractivity contribution is 9.10. The van der Waals surface area contributed by atoms with Crippen LogP contribution in [0.1, 0.15) is 36.8 Å². The molecule has 1 fully saturated rings. The predicted octanol–water partition coefficient (Wildman–Crippen LogP) is 5.12. The van der Waals surface area contributed by atoms with E-state index in [2.05, 4.69) is 27.3 Å². The van der Waals surface area contributed by atoms with Gasteiger partial charge in [-0.25, -0.2) is 0 Å². The van der Waals surface area contributed by atoms with E-state index in [-0.39, 0.29) is 11.3 Å². The summed E-state index contributed by atoms with van der Waals surface area (Å²) in [6.07, 6.45) is 7.70. The quantitative estimate of drug-likeness (QED) is 0.540. The zero-order valence-corrected chi connectivity index (χ0v) is 19.3. The molecular weight excluding hydrogens is 446 g/mol. The van der Waals surface area contributed by atoms with Crippen molar-refractivity contribution in [2.24, 2.45) is 0 Å². The van der Waals surface area contributed by atoms with E-state index in [1.165, 1.54) is 5.56 Å². The lowest BCUT2D eigenvalue weighted by atomic mass is 9.78. The van der Waals surface area contributed by atoms with E-state index in [1.807, 2.05) is 30.3 Å². The largest absolute Gasteiger partial charge is 0.496 e. The Morgan fingerprint density at radius 1 is 1.00 bits per heavy atom. The zero-order valence-electron chi connectivity index (χ0n) is 17.7. The van der Waals surface area contributed by atoms with Crippen LogP contribution in [0, 0.1) is 0 Å². The van der Waals surface area contributed by atoms with E-state index < -0.39 is 0 Å². The average molecular weight is 474 g/mol. The van der Waals surface area contributed by atoms with Gasteiger partial charge in [-0.05, 0) is 54.8 Å². The van der Waals surface area contributed by atoms with Gasteiger partial charge >= 0.3 is 0 Å². The Labute approximate surface area is 186 Å². The van der Waals surface area contributed by atoms with Crippen LogP contribution in [-0.4, -0.2) is 33.8 Å². The first-order chi connectivity index (χ1) is 14.5. The number of amides is 1. The molecule has 30 heavy (non-hydrogen) atoms. The highest BCUT2D eigenvalue weighted by Crippen LogP contribution is 2.43. The number of benzene rings is 2. The van der Waals surface area contributed by atoms with E-state index >= 15 is 0 Å². The van der Waals surface area contributed by atoms with Gasteiger partial charge in [0, 0.05) is 28.1 Å². The molecule has 1 amide bonds.